The summed E-state index contributed by atoms with van der Waals surface area (Å²) in [4.78, 5) is 0. The molecular formula is C18H20ClN. The average molecular weight is 286 g/mol. The molecule has 3 rings (SSSR count). The van der Waals surface area contributed by atoms with Gasteiger partial charge in [-0.2, -0.15) is 0 Å². The van der Waals surface area contributed by atoms with Crippen molar-refractivity contribution >= 4 is 11.6 Å². The number of benzene rings is 2. The minimum atomic E-state index is 0.418. The molecule has 20 heavy (non-hydrogen) atoms. The predicted octanol–water partition coefficient (Wildman–Crippen LogP) is 4.94. The van der Waals surface area contributed by atoms with Crippen LogP contribution in [-0.2, 0) is 0 Å². The third-order valence-electron chi connectivity index (χ3n) is 4.24. The summed E-state index contributed by atoms with van der Waals surface area (Å²) in [6.45, 7) is 2.24. The normalized spacial score (nSPS) is 23.1. The molecule has 2 aromatic carbocycles. The van der Waals surface area contributed by atoms with E-state index in [9.17, 15) is 0 Å². The van der Waals surface area contributed by atoms with E-state index in [1.54, 1.807) is 0 Å². The molecule has 0 radical (unpaired) electrons. The lowest BCUT2D eigenvalue weighted by atomic mass is 9.75. The minimum Gasteiger partial charge on any atom is -0.307 e. The van der Waals surface area contributed by atoms with Crippen LogP contribution < -0.4 is 5.32 Å². The molecule has 1 atom stereocenters. The van der Waals surface area contributed by atoms with Crippen molar-refractivity contribution in [2.75, 3.05) is 0 Å². The Hall–Kier alpha value is -1.31. The molecule has 0 aromatic heterocycles. The highest BCUT2D eigenvalue weighted by molar-refractivity contribution is 6.30. The van der Waals surface area contributed by atoms with Gasteiger partial charge in [-0.3, -0.25) is 0 Å². The summed E-state index contributed by atoms with van der Waals surface area (Å²) in [5.41, 5.74) is 2.74. The van der Waals surface area contributed by atoms with Crippen LogP contribution in [0.1, 0.15) is 42.9 Å². The summed E-state index contributed by atoms with van der Waals surface area (Å²) in [5, 5.41) is 4.56. The fraction of sp³-hybridized carbons (Fsp3) is 0.333. The van der Waals surface area contributed by atoms with Crippen LogP contribution in [0.2, 0.25) is 5.02 Å². The second-order valence-corrected chi connectivity index (χ2v) is 6.16. The maximum absolute atomic E-state index is 6.06. The first-order chi connectivity index (χ1) is 9.72. The van der Waals surface area contributed by atoms with E-state index < -0.39 is 0 Å². The highest BCUT2D eigenvalue weighted by atomic mass is 35.5. The SMILES string of the molecule is C[C@@H](NC1CC(c2cccc(Cl)c2)C1)c1ccccc1. The van der Waals surface area contributed by atoms with Crippen molar-refractivity contribution in [3.05, 3.63) is 70.7 Å². The van der Waals surface area contributed by atoms with Crippen molar-refractivity contribution in [2.24, 2.45) is 0 Å². The van der Waals surface area contributed by atoms with Crippen molar-refractivity contribution in [1.29, 1.82) is 0 Å². The van der Waals surface area contributed by atoms with E-state index in [0.717, 1.165) is 5.02 Å². The first-order valence-corrected chi connectivity index (χ1v) is 7.66. The lowest BCUT2D eigenvalue weighted by Gasteiger charge is -2.38. The largest absolute Gasteiger partial charge is 0.307 e. The van der Waals surface area contributed by atoms with Gasteiger partial charge in [-0.1, -0.05) is 54.1 Å². The Bertz CT molecular complexity index is 561. The van der Waals surface area contributed by atoms with Gasteiger partial charge in [-0.25, -0.2) is 0 Å². The van der Waals surface area contributed by atoms with E-state index in [2.05, 4.69) is 54.7 Å². The van der Waals surface area contributed by atoms with E-state index in [0.29, 0.717) is 18.0 Å². The second-order valence-electron chi connectivity index (χ2n) is 5.72. The zero-order valence-electron chi connectivity index (χ0n) is 11.7. The van der Waals surface area contributed by atoms with Gasteiger partial charge in [-0.15, -0.1) is 0 Å². The van der Waals surface area contributed by atoms with Gasteiger partial charge >= 0.3 is 0 Å². The Morgan fingerprint density at radius 2 is 1.80 bits per heavy atom. The van der Waals surface area contributed by atoms with Crippen molar-refractivity contribution in [1.82, 2.24) is 5.32 Å². The number of nitrogens with one attached hydrogen (secondary N) is 1. The third kappa shape index (κ3) is 3.05. The van der Waals surface area contributed by atoms with Gasteiger partial charge in [-0.05, 0) is 48.9 Å². The molecule has 0 unspecified atom stereocenters. The lowest BCUT2D eigenvalue weighted by molar-refractivity contribution is 0.271. The average Bonchev–Trinajstić information content (AvgIpc) is 2.43. The maximum Gasteiger partial charge on any atom is 0.0408 e. The van der Waals surface area contributed by atoms with Crippen molar-refractivity contribution in [3.63, 3.8) is 0 Å². The van der Waals surface area contributed by atoms with E-state index in [1.165, 1.54) is 24.0 Å². The molecule has 0 amide bonds. The molecule has 1 N–H and O–H groups in total. The fourth-order valence-electron chi connectivity index (χ4n) is 2.98. The first-order valence-electron chi connectivity index (χ1n) is 7.29. The van der Waals surface area contributed by atoms with Crippen LogP contribution in [0.3, 0.4) is 0 Å². The van der Waals surface area contributed by atoms with Crippen molar-refractivity contribution in [3.8, 4) is 0 Å². The zero-order valence-corrected chi connectivity index (χ0v) is 12.5. The van der Waals surface area contributed by atoms with Crippen LogP contribution in [0.5, 0.6) is 0 Å². The van der Waals surface area contributed by atoms with Gasteiger partial charge in [0.15, 0.2) is 0 Å². The molecule has 1 aliphatic rings. The van der Waals surface area contributed by atoms with E-state index in [1.807, 2.05) is 12.1 Å². The second kappa shape index (κ2) is 5.99. The Labute approximate surface area is 126 Å². The number of hydrogen-bond donors (Lipinski definition) is 1. The Morgan fingerprint density at radius 1 is 1.05 bits per heavy atom. The van der Waals surface area contributed by atoms with E-state index in [4.69, 9.17) is 11.6 Å². The molecule has 0 heterocycles. The van der Waals surface area contributed by atoms with Gasteiger partial charge < -0.3 is 5.32 Å². The molecule has 104 valence electrons. The monoisotopic (exact) mass is 285 g/mol. The van der Waals surface area contributed by atoms with Crippen LogP contribution >= 0.6 is 11.6 Å². The topological polar surface area (TPSA) is 12.0 Å². The molecule has 1 saturated carbocycles. The minimum absolute atomic E-state index is 0.418. The molecule has 0 saturated heterocycles. The molecule has 0 aliphatic heterocycles. The van der Waals surface area contributed by atoms with Crippen LogP contribution in [0, 0.1) is 0 Å². The Balaban J connectivity index is 1.54. The molecule has 2 heteroatoms. The van der Waals surface area contributed by atoms with Crippen LogP contribution in [-0.4, -0.2) is 6.04 Å². The zero-order chi connectivity index (χ0) is 13.9. The molecule has 0 spiro atoms. The maximum atomic E-state index is 6.06. The smallest absolute Gasteiger partial charge is 0.0408 e. The summed E-state index contributed by atoms with van der Waals surface area (Å²) < 4.78 is 0. The molecule has 0 bridgehead atoms. The number of halogens is 1. The highest BCUT2D eigenvalue weighted by Crippen LogP contribution is 2.38. The van der Waals surface area contributed by atoms with Gasteiger partial charge in [0.2, 0.25) is 0 Å². The molecule has 1 aliphatic carbocycles. The van der Waals surface area contributed by atoms with Crippen LogP contribution in [0.25, 0.3) is 0 Å². The number of rotatable bonds is 4. The van der Waals surface area contributed by atoms with Gasteiger partial charge in [0.1, 0.15) is 0 Å². The molecule has 2 aromatic rings. The summed E-state index contributed by atoms with van der Waals surface area (Å²) >= 11 is 6.06. The summed E-state index contributed by atoms with van der Waals surface area (Å²) in [6, 6.07) is 19.9. The van der Waals surface area contributed by atoms with E-state index >= 15 is 0 Å². The Kier molecular flexibility index (Phi) is 4.09. The van der Waals surface area contributed by atoms with Crippen LogP contribution in [0.15, 0.2) is 54.6 Å². The molecule has 1 fully saturated rings. The highest BCUT2D eigenvalue weighted by Gasteiger charge is 2.31. The summed E-state index contributed by atoms with van der Waals surface area (Å²) in [6.07, 6.45) is 2.41. The third-order valence-corrected chi connectivity index (χ3v) is 4.48. The fourth-order valence-corrected chi connectivity index (χ4v) is 3.18. The lowest BCUT2D eigenvalue weighted by Crippen LogP contribution is -2.41. The quantitative estimate of drug-likeness (QED) is 0.839. The van der Waals surface area contributed by atoms with Crippen LogP contribution in [0.4, 0.5) is 0 Å². The van der Waals surface area contributed by atoms with Crippen molar-refractivity contribution in [2.45, 2.75) is 37.8 Å². The predicted molar refractivity (Wildman–Crippen MR) is 85.2 cm³/mol. The van der Waals surface area contributed by atoms with Gasteiger partial charge in [0.25, 0.3) is 0 Å². The van der Waals surface area contributed by atoms with Gasteiger partial charge in [0, 0.05) is 17.1 Å². The molecule has 1 nitrogen and oxygen atoms in total. The summed E-state index contributed by atoms with van der Waals surface area (Å²) in [7, 11) is 0. The Morgan fingerprint density at radius 3 is 2.50 bits per heavy atom. The standard InChI is InChI=1S/C18H20ClN/c1-13(14-6-3-2-4-7-14)20-18-11-16(12-18)15-8-5-9-17(19)10-15/h2-10,13,16,18,20H,11-12H2,1H3/t13-,16?,18?/m1/s1. The molecular weight excluding hydrogens is 266 g/mol. The first kappa shape index (κ1) is 13.7. The number of hydrogen-bond acceptors (Lipinski definition) is 1. The van der Waals surface area contributed by atoms with Gasteiger partial charge in [0.05, 0.1) is 0 Å². The van der Waals surface area contributed by atoms with Crippen molar-refractivity contribution < 1.29 is 0 Å². The summed E-state index contributed by atoms with van der Waals surface area (Å²) in [5.74, 6) is 0.661. The van der Waals surface area contributed by atoms with E-state index in [-0.39, 0.29) is 0 Å².